The minimum atomic E-state index is -0.821. The van der Waals surface area contributed by atoms with Crippen molar-refractivity contribution in [3.05, 3.63) is 155 Å². The van der Waals surface area contributed by atoms with Gasteiger partial charge in [0.2, 0.25) is 0 Å². The predicted molar refractivity (Wildman–Crippen MR) is 174 cm³/mol. The molecule has 1 amide bonds. The fourth-order valence-electron chi connectivity index (χ4n) is 5.19. The summed E-state index contributed by atoms with van der Waals surface area (Å²) in [6, 6.07) is 23.6. The van der Waals surface area contributed by atoms with Crippen molar-refractivity contribution in [1.29, 1.82) is 0 Å². The number of rotatable bonds is 8. The summed E-state index contributed by atoms with van der Waals surface area (Å²) in [5, 5.41) is 3.45. The summed E-state index contributed by atoms with van der Waals surface area (Å²) in [6.45, 7) is 1.68. The predicted octanol–water partition coefficient (Wildman–Crippen LogP) is 6.39. The van der Waals surface area contributed by atoms with Crippen LogP contribution in [-0.4, -0.2) is 17.6 Å². The van der Waals surface area contributed by atoms with Gasteiger partial charge in [0, 0.05) is 22.3 Å². The summed E-state index contributed by atoms with van der Waals surface area (Å²) in [7, 11) is 1.50. The molecule has 7 nitrogen and oxygen atoms in total. The minimum absolute atomic E-state index is 0.0652. The number of para-hydroxylation sites is 1. The van der Waals surface area contributed by atoms with E-state index >= 15 is 0 Å². The first kappa shape index (κ1) is 30.9. The SMILES string of the molecule is COc1ccc(/C=c2/sc3n(c2=O)[C@@H](c2ccc(Cl)cc2)C(C(=O)Nc2ccccc2)=C(C)N=3)cc1COc1ccc(F)cc1F. The average molecular weight is 658 g/mol. The van der Waals surface area contributed by atoms with Crippen LogP contribution < -0.4 is 29.7 Å². The van der Waals surface area contributed by atoms with E-state index in [1.165, 1.54) is 29.1 Å². The molecule has 1 aromatic heterocycles. The van der Waals surface area contributed by atoms with Gasteiger partial charge in [-0.15, -0.1) is 0 Å². The molecule has 1 aliphatic rings. The smallest absolute Gasteiger partial charge is 0.271 e. The first-order valence-corrected chi connectivity index (χ1v) is 15.3. The standard InChI is InChI=1S/C35H26ClF2N3O4S/c1-20-31(33(42)40-26-6-4-3-5-7-26)32(22-9-11-24(36)12-10-22)41-34(43)30(46-35(41)39-20)17-21-8-14-28(44-2)23(16-21)19-45-29-15-13-25(37)18-27(29)38/h3-18,32H,19H2,1-2H3,(H,40,42)/b30-17+/t32-/m0/s1. The van der Waals surface area contributed by atoms with Gasteiger partial charge in [-0.25, -0.2) is 13.8 Å². The second-order valence-electron chi connectivity index (χ2n) is 10.4. The lowest BCUT2D eigenvalue weighted by molar-refractivity contribution is -0.113. The number of fused-ring (bicyclic) bond motifs is 1. The number of halogens is 3. The van der Waals surface area contributed by atoms with Crippen LogP contribution in [0, 0.1) is 11.6 Å². The molecule has 0 unspecified atom stereocenters. The number of nitrogens with one attached hydrogen (secondary N) is 1. The second-order valence-corrected chi connectivity index (χ2v) is 11.8. The van der Waals surface area contributed by atoms with Crippen LogP contribution in [0.4, 0.5) is 14.5 Å². The van der Waals surface area contributed by atoms with E-state index in [4.69, 9.17) is 21.1 Å². The third-order valence-corrected chi connectivity index (χ3v) is 8.60. The third kappa shape index (κ3) is 6.35. The number of allylic oxidation sites excluding steroid dienone is 1. The number of ether oxygens (including phenoxy) is 2. The molecule has 1 atom stereocenters. The Morgan fingerprint density at radius 3 is 2.48 bits per heavy atom. The third-order valence-electron chi connectivity index (χ3n) is 7.36. The van der Waals surface area contributed by atoms with Gasteiger partial charge in [-0.3, -0.25) is 14.2 Å². The summed E-state index contributed by atoms with van der Waals surface area (Å²) in [4.78, 5) is 32.9. The van der Waals surface area contributed by atoms with Gasteiger partial charge in [0.05, 0.1) is 29.0 Å². The van der Waals surface area contributed by atoms with Crippen LogP contribution >= 0.6 is 22.9 Å². The van der Waals surface area contributed by atoms with E-state index in [9.17, 15) is 18.4 Å². The van der Waals surface area contributed by atoms with Crippen molar-refractivity contribution in [1.82, 2.24) is 4.57 Å². The molecule has 1 N–H and O–H groups in total. The van der Waals surface area contributed by atoms with Gasteiger partial charge >= 0.3 is 0 Å². The number of hydrogen-bond acceptors (Lipinski definition) is 6. The molecular formula is C35H26ClF2N3O4S. The fourth-order valence-corrected chi connectivity index (χ4v) is 6.37. The Hall–Kier alpha value is -5.06. The monoisotopic (exact) mass is 657 g/mol. The van der Waals surface area contributed by atoms with Crippen LogP contribution in [0.5, 0.6) is 11.5 Å². The number of aromatic nitrogens is 1. The Labute approximate surface area is 271 Å². The lowest BCUT2D eigenvalue weighted by atomic mass is 9.95. The van der Waals surface area contributed by atoms with Crippen LogP contribution in [0.25, 0.3) is 6.08 Å². The van der Waals surface area contributed by atoms with Crippen molar-refractivity contribution >= 4 is 40.6 Å². The molecule has 0 saturated carbocycles. The molecule has 0 saturated heterocycles. The average Bonchev–Trinajstić information content (AvgIpc) is 3.34. The minimum Gasteiger partial charge on any atom is -0.496 e. The molecule has 6 rings (SSSR count). The number of benzene rings is 4. The number of thiazole rings is 1. The zero-order valence-electron chi connectivity index (χ0n) is 24.6. The fraction of sp³-hybridized carbons (Fsp3) is 0.114. The van der Waals surface area contributed by atoms with Crippen LogP contribution in [0.3, 0.4) is 0 Å². The zero-order chi connectivity index (χ0) is 32.4. The summed E-state index contributed by atoms with van der Waals surface area (Å²) < 4.78 is 40.5. The van der Waals surface area contributed by atoms with Crippen LogP contribution in [0.15, 0.2) is 112 Å². The van der Waals surface area contributed by atoms with E-state index in [2.05, 4.69) is 10.3 Å². The molecule has 4 aromatic carbocycles. The van der Waals surface area contributed by atoms with Crippen LogP contribution in [0.2, 0.25) is 5.02 Å². The van der Waals surface area contributed by atoms with E-state index in [-0.39, 0.29) is 23.8 Å². The lowest BCUT2D eigenvalue weighted by Gasteiger charge is -2.25. The van der Waals surface area contributed by atoms with Gasteiger partial charge in [0.15, 0.2) is 16.4 Å². The lowest BCUT2D eigenvalue weighted by Crippen LogP contribution is -2.40. The number of hydrogen-bond donors (Lipinski definition) is 1. The van der Waals surface area contributed by atoms with Crippen LogP contribution in [0.1, 0.15) is 29.7 Å². The van der Waals surface area contributed by atoms with Gasteiger partial charge in [0.1, 0.15) is 18.2 Å². The number of carbonyl (C=O) groups is 1. The highest BCUT2D eigenvalue weighted by atomic mass is 35.5. The molecule has 1 aliphatic heterocycles. The molecule has 2 heterocycles. The molecular weight excluding hydrogens is 632 g/mol. The number of anilines is 1. The van der Waals surface area contributed by atoms with E-state index < -0.39 is 17.7 Å². The van der Waals surface area contributed by atoms with Gasteiger partial charge in [-0.1, -0.05) is 59.3 Å². The van der Waals surface area contributed by atoms with E-state index in [0.29, 0.717) is 53.8 Å². The maximum atomic E-state index is 14.2. The quantitative estimate of drug-likeness (QED) is 0.210. The molecule has 0 bridgehead atoms. The topological polar surface area (TPSA) is 81.9 Å². The first-order valence-electron chi connectivity index (χ1n) is 14.1. The molecule has 46 heavy (non-hydrogen) atoms. The number of amides is 1. The Morgan fingerprint density at radius 2 is 1.76 bits per heavy atom. The van der Waals surface area contributed by atoms with Gasteiger partial charge in [0.25, 0.3) is 11.5 Å². The Morgan fingerprint density at radius 1 is 1.02 bits per heavy atom. The van der Waals surface area contributed by atoms with Crippen molar-refractivity contribution in [2.45, 2.75) is 19.6 Å². The van der Waals surface area contributed by atoms with Crippen molar-refractivity contribution in [3.8, 4) is 11.5 Å². The van der Waals surface area contributed by atoms with E-state index in [1.54, 1.807) is 67.6 Å². The van der Waals surface area contributed by atoms with Gasteiger partial charge in [-0.05, 0) is 72.7 Å². The van der Waals surface area contributed by atoms with Gasteiger partial charge in [-0.2, -0.15) is 0 Å². The second kappa shape index (κ2) is 13.1. The molecule has 0 radical (unpaired) electrons. The van der Waals surface area contributed by atoms with E-state index in [1.807, 2.05) is 18.2 Å². The summed E-state index contributed by atoms with van der Waals surface area (Å²) in [5.74, 6) is -1.51. The molecule has 5 aromatic rings. The van der Waals surface area contributed by atoms with Crippen LogP contribution in [-0.2, 0) is 11.4 Å². The largest absolute Gasteiger partial charge is 0.496 e. The number of carbonyl (C=O) groups excluding carboxylic acids is 1. The summed E-state index contributed by atoms with van der Waals surface area (Å²) >= 11 is 7.38. The molecule has 0 spiro atoms. The zero-order valence-corrected chi connectivity index (χ0v) is 26.2. The highest BCUT2D eigenvalue weighted by molar-refractivity contribution is 7.07. The Balaban J connectivity index is 1.40. The Bertz CT molecular complexity index is 2160. The molecule has 11 heteroatoms. The Kier molecular flexibility index (Phi) is 8.83. The normalized spacial score (nSPS) is 14.5. The molecule has 232 valence electrons. The summed E-state index contributed by atoms with van der Waals surface area (Å²) in [5.41, 5.74) is 3.04. The van der Waals surface area contributed by atoms with Crippen molar-refractivity contribution in [2.75, 3.05) is 12.4 Å². The maximum absolute atomic E-state index is 14.2. The maximum Gasteiger partial charge on any atom is 0.271 e. The summed E-state index contributed by atoms with van der Waals surface area (Å²) in [6.07, 6.45) is 1.72. The molecule has 0 fully saturated rings. The van der Waals surface area contributed by atoms with Crippen molar-refractivity contribution < 1.29 is 23.0 Å². The molecule has 0 aliphatic carbocycles. The highest BCUT2D eigenvalue weighted by Crippen LogP contribution is 2.31. The first-order chi connectivity index (χ1) is 22.2. The highest BCUT2D eigenvalue weighted by Gasteiger charge is 2.32. The number of nitrogens with zero attached hydrogens (tertiary/aromatic N) is 2. The van der Waals surface area contributed by atoms with Crippen molar-refractivity contribution in [3.63, 3.8) is 0 Å². The van der Waals surface area contributed by atoms with E-state index in [0.717, 1.165) is 12.1 Å². The number of methoxy groups -OCH3 is 1. The van der Waals surface area contributed by atoms with Gasteiger partial charge < -0.3 is 14.8 Å². The van der Waals surface area contributed by atoms with Crippen molar-refractivity contribution in [2.24, 2.45) is 4.99 Å².